The summed E-state index contributed by atoms with van der Waals surface area (Å²) in [4.78, 5) is 0. The van der Waals surface area contributed by atoms with Gasteiger partial charge in [-0.15, -0.1) is 0 Å². The summed E-state index contributed by atoms with van der Waals surface area (Å²) < 4.78 is 4.79. The van der Waals surface area contributed by atoms with Crippen LogP contribution in [-0.4, -0.2) is 9.13 Å². The Morgan fingerprint density at radius 3 is 2.09 bits per heavy atom. The molecule has 0 N–H and O–H groups in total. The van der Waals surface area contributed by atoms with Crippen LogP contribution in [0.5, 0.6) is 0 Å². The molecule has 0 radical (unpaired) electrons. The second-order valence-corrected chi connectivity index (χ2v) is 6.56. The molecule has 0 aliphatic carbocycles. The summed E-state index contributed by atoms with van der Waals surface area (Å²) in [5.74, 6) is 0. The molecule has 4 aromatic rings. The van der Waals surface area contributed by atoms with Crippen molar-refractivity contribution in [3.05, 3.63) is 64.8 Å². The average Bonchev–Trinajstić information content (AvgIpc) is 2.96. The lowest BCUT2D eigenvalue weighted by atomic mass is 10.1. The lowest BCUT2D eigenvalue weighted by Crippen LogP contribution is -2.02. The standard InChI is InChI=1S/C21H22N2/c1-13-9-8-10-14(2)19(13)23-16(4)15(3)20-21(23)17-11-6-7-12-18(17)22(20)5/h6-12H,1-5H3. The van der Waals surface area contributed by atoms with Gasteiger partial charge in [-0.1, -0.05) is 36.4 Å². The maximum atomic E-state index is 2.46. The van der Waals surface area contributed by atoms with Gasteiger partial charge in [0, 0.05) is 18.1 Å². The number of benzene rings is 2. The largest absolute Gasteiger partial charge is 0.342 e. The summed E-state index contributed by atoms with van der Waals surface area (Å²) in [6.07, 6.45) is 0. The molecular formula is C21H22N2. The first-order chi connectivity index (χ1) is 11.0. The summed E-state index contributed by atoms with van der Waals surface area (Å²) in [7, 11) is 2.17. The van der Waals surface area contributed by atoms with E-state index < -0.39 is 0 Å². The third-order valence-electron chi connectivity index (χ3n) is 5.20. The van der Waals surface area contributed by atoms with Gasteiger partial charge in [-0.05, 0) is 50.5 Å². The van der Waals surface area contributed by atoms with E-state index in [9.17, 15) is 0 Å². The van der Waals surface area contributed by atoms with Crippen molar-refractivity contribution in [1.29, 1.82) is 0 Å². The van der Waals surface area contributed by atoms with Gasteiger partial charge in [0.1, 0.15) is 0 Å². The number of nitrogens with zero attached hydrogens (tertiary/aromatic N) is 2. The van der Waals surface area contributed by atoms with Crippen LogP contribution in [0.3, 0.4) is 0 Å². The van der Waals surface area contributed by atoms with Crippen molar-refractivity contribution in [3.8, 4) is 5.69 Å². The van der Waals surface area contributed by atoms with Crippen LogP contribution in [0.2, 0.25) is 0 Å². The van der Waals surface area contributed by atoms with Gasteiger partial charge in [-0.3, -0.25) is 0 Å². The summed E-state index contributed by atoms with van der Waals surface area (Å²) in [6, 6.07) is 15.2. The van der Waals surface area contributed by atoms with Gasteiger partial charge in [-0.25, -0.2) is 0 Å². The topological polar surface area (TPSA) is 9.86 Å². The number of aromatic nitrogens is 2. The molecule has 2 aromatic heterocycles. The van der Waals surface area contributed by atoms with E-state index in [1.54, 1.807) is 0 Å². The zero-order valence-corrected chi connectivity index (χ0v) is 14.4. The van der Waals surface area contributed by atoms with Gasteiger partial charge >= 0.3 is 0 Å². The molecule has 0 saturated heterocycles. The highest BCUT2D eigenvalue weighted by Gasteiger charge is 2.21. The van der Waals surface area contributed by atoms with Crippen LogP contribution in [-0.2, 0) is 7.05 Å². The second-order valence-electron chi connectivity index (χ2n) is 6.56. The number of para-hydroxylation sites is 2. The Balaban J connectivity index is 2.29. The SMILES string of the molecule is Cc1cccc(C)c1-n1c(C)c(C)c2c1c1ccccc1n2C. The van der Waals surface area contributed by atoms with Crippen LogP contribution < -0.4 is 0 Å². The fourth-order valence-corrected chi connectivity index (χ4v) is 3.97. The van der Waals surface area contributed by atoms with Crippen molar-refractivity contribution in [2.24, 2.45) is 7.05 Å². The van der Waals surface area contributed by atoms with Crippen LogP contribution in [0.15, 0.2) is 42.5 Å². The van der Waals surface area contributed by atoms with Gasteiger partial charge < -0.3 is 9.13 Å². The molecule has 0 aliphatic heterocycles. The number of aryl methyl sites for hydroxylation is 4. The first-order valence-corrected chi connectivity index (χ1v) is 8.14. The molecule has 23 heavy (non-hydrogen) atoms. The third kappa shape index (κ3) is 1.75. The Morgan fingerprint density at radius 1 is 0.739 bits per heavy atom. The fourth-order valence-electron chi connectivity index (χ4n) is 3.97. The molecular weight excluding hydrogens is 280 g/mol. The van der Waals surface area contributed by atoms with Crippen molar-refractivity contribution >= 4 is 21.9 Å². The zero-order chi connectivity index (χ0) is 16.3. The Kier molecular flexibility index (Phi) is 2.92. The minimum absolute atomic E-state index is 1.29. The van der Waals surface area contributed by atoms with Crippen molar-refractivity contribution < 1.29 is 0 Å². The normalized spacial score (nSPS) is 11.7. The van der Waals surface area contributed by atoms with E-state index in [0.717, 1.165) is 0 Å². The van der Waals surface area contributed by atoms with Crippen molar-refractivity contribution in [1.82, 2.24) is 9.13 Å². The Morgan fingerprint density at radius 2 is 1.39 bits per heavy atom. The second kappa shape index (κ2) is 4.76. The van der Waals surface area contributed by atoms with E-state index in [1.807, 2.05) is 0 Å². The Labute approximate surface area is 137 Å². The highest BCUT2D eigenvalue weighted by Crippen LogP contribution is 2.37. The molecule has 0 bridgehead atoms. The van der Waals surface area contributed by atoms with Crippen molar-refractivity contribution in [3.63, 3.8) is 0 Å². The van der Waals surface area contributed by atoms with E-state index in [1.165, 1.54) is 50.0 Å². The summed E-state index contributed by atoms with van der Waals surface area (Å²) in [6.45, 7) is 8.87. The molecule has 0 fully saturated rings. The summed E-state index contributed by atoms with van der Waals surface area (Å²) >= 11 is 0. The van der Waals surface area contributed by atoms with E-state index >= 15 is 0 Å². The summed E-state index contributed by atoms with van der Waals surface area (Å²) in [5.41, 5.74) is 10.6. The molecule has 116 valence electrons. The summed E-state index contributed by atoms with van der Waals surface area (Å²) in [5, 5.41) is 1.32. The molecule has 0 aliphatic rings. The monoisotopic (exact) mass is 302 g/mol. The van der Waals surface area contributed by atoms with Gasteiger partial charge in [0.15, 0.2) is 0 Å². The quantitative estimate of drug-likeness (QED) is 0.448. The smallest absolute Gasteiger partial charge is 0.0793 e. The molecule has 2 aromatic carbocycles. The molecule has 2 heterocycles. The van der Waals surface area contributed by atoms with Crippen molar-refractivity contribution in [2.45, 2.75) is 27.7 Å². The van der Waals surface area contributed by atoms with Crippen molar-refractivity contribution in [2.75, 3.05) is 0 Å². The van der Waals surface area contributed by atoms with Crippen LogP contribution in [0.4, 0.5) is 0 Å². The average molecular weight is 302 g/mol. The first kappa shape index (κ1) is 14.1. The molecule has 0 unspecified atom stereocenters. The molecule has 0 saturated carbocycles. The first-order valence-electron chi connectivity index (χ1n) is 8.14. The van der Waals surface area contributed by atoms with Gasteiger partial charge in [-0.2, -0.15) is 0 Å². The Bertz CT molecular complexity index is 1040. The van der Waals surface area contributed by atoms with E-state index in [0.29, 0.717) is 0 Å². The zero-order valence-electron chi connectivity index (χ0n) is 14.4. The van der Waals surface area contributed by atoms with Crippen LogP contribution in [0.1, 0.15) is 22.4 Å². The number of hydrogen-bond acceptors (Lipinski definition) is 0. The molecule has 2 nitrogen and oxygen atoms in total. The number of rotatable bonds is 1. The van der Waals surface area contributed by atoms with Crippen LogP contribution >= 0.6 is 0 Å². The van der Waals surface area contributed by atoms with E-state index in [2.05, 4.69) is 86.3 Å². The molecule has 0 amide bonds. The minimum Gasteiger partial charge on any atom is -0.342 e. The highest BCUT2D eigenvalue weighted by molar-refractivity contribution is 6.09. The van der Waals surface area contributed by atoms with Crippen LogP contribution in [0.25, 0.3) is 27.6 Å². The third-order valence-corrected chi connectivity index (χ3v) is 5.20. The van der Waals surface area contributed by atoms with Crippen LogP contribution in [0, 0.1) is 27.7 Å². The molecule has 4 rings (SSSR count). The fraction of sp³-hybridized carbons (Fsp3) is 0.238. The minimum atomic E-state index is 1.29. The lowest BCUT2D eigenvalue weighted by Gasteiger charge is -2.15. The molecule has 0 atom stereocenters. The molecule has 0 spiro atoms. The number of fused-ring (bicyclic) bond motifs is 3. The highest BCUT2D eigenvalue weighted by atomic mass is 15.1. The van der Waals surface area contributed by atoms with Gasteiger partial charge in [0.2, 0.25) is 0 Å². The van der Waals surface area contributed by atoms with Gasteiger partial charge in [0.25, 0.3) is 0 Å². The Hall–Kier alpha value is -2.48. The predicted molar refractivity (Wildman–Crippen MR) is 98.7 cm³/mol. The maximum Gasteiger partial charge on any atom is 0.0793 e. The van der Waals surface area contributed by atoms with Gasteiger partial charge in [0.05, 0.1) is 22.2 Å². The van der Waals surface area contributed by atoms with E-state index in [4.69, 9.17) is 0 Å². The lowest BCUT2D eigenvalue weighted by molar-refractivity contribution is 1.00. The predicted octanol–water partition coefficient (Wildman–Crippen LogP) is 5.36. The van der Waals surface area contributed by atoms with E-state index in [-0.39, 0.29) is 0 Å². The maximum absolute atomic E-state index is 2.46. The number of hydrogen-bond donors (Lipinski definition) is 0. The molecule has 2 heteroatoms.